The first-order chi connectivity index (χ1) is 9.27. The molecule has 0 spiro atoms. The second-order valence-electron chi connectivity index (χ2n) is 4.91. The van der Waals surface area contributed by atoms with E-state index >= 15 is 0 Å². The first kappa shape index (κ1) is 12.1. The van der Waals surface area contributed by atoms with Crippen molar-refractivity contribution in [2.75, 3.05) is 19.6 Å². The summed E-state index contributed by atoms with van der Waals surface area (Å²) in [5, 5.41) is 3.29. The molecule has 0 unspecified atom stereocenters. The molecule has 98 valence electrons. The highest BCUT2D eigenvalue weighted by Crippen LogP contribution is 2.22. The zero-order valence-electron chi connectivity index (χ0n) is 10.7. The maximum atomic E-state index is 12.1. The van der Waals surface area contributed by atoms with Gasteiger partial charge in [0.2, 0.25) is 0 Å². The average molecular weight is 256 g/mol. The van der Waals surface area contributed by atoms with Crippen molar-refractivity contribution in [3.05, 3.63) is 47.0 Å². The van der Waals surface area contributed by atoms with Crippen molar-refractivity contribution in [2.45, 2.75) is 12.8 Å². The number of hydrogen-bond acceptors (Lipinski definition) is 3. The number of piperidine rings is 1. The van der Waals surface area contributed by atoms with Crippen molar-refractivity contribution in [1.29, 1.82) is 0 Å². The Balaban J connectivity index is 1.77. The molecule has 1 fully saturated rings. The predicted molar refractivity (Wildman–Crippen MR) is 72.0 cm³/mol. The molecule has 4 heteroatoms. The van der Waals surface area contributed by atoms with E-state index in [-0.39, 0.29) is 11.8 Å². The van der Waals surface area contributed by atoms with Gasteiger partial charge >= 0.3 is 0 Å². The highest BCUT2D eigenvalue weighted by atomic mass is 16.2. The van der Waals surface area contributed by atoms with Crippen LogP contribution in [0.5, 0.6) is 0 Å². The van der Waals surface area contributed by atoms with E-state index in [1.54, 1.807) is 24.3 Å². The van der Waals surface area contributed by atoms with Crippen molar-refractivity contribution < 1.29 is 9.59 Å². The standard InChI is InChI=1S/C15H16N2O2/c18-14-12-5-1-2-6-13(12)15(19)17(14)9-7-11-4-3-8-16-10-11/h1-2,5-7,16H,3-4,8-10H2/b11-7-. The van der Waals surface area contributed by atoms with Crippen LogP contribution in [0.1, 0.15) is 33.6 Å². The molecule has 2 aliphatic rings. The molecule has 0 bridgehead atoms. The zero-order chi connectivity index (χ0) is 13.2. The minimum absolute atomic E-state index is 0.179. The zero-order valence-corrected chi connectivity index (χ0v) is 10.7. The van der Waals surface area contributed by atoms with Gasteiger partial charge in [0.05, 0.1) is 11.1 Å². The van der Waals surface area contributed by atoms with Crippen LogP contribution in [0.15, 0.2) is 35.9 Å². The third-order valence-corrected chi connectivity index (χ3v) is 3.64. The van der Waals surface area contributed by atoms with Gasteiger partial charge in [0, 0.05) is 13.1 Å². The SMILES string of the molecule is O=C1c2ccccc2C(=O)N1C/C=C1/CCCNC1. The number of nitrogens with zero attached hydrogens (tertiary/aromatic N) is 1. The summed E-state index contributed by atoms with van der Waals surface area (Å²) >= 11 is 0. The van der Waals surface area contributed by atoms with Crippen molar-refractivity contribution in [2.24, 2.45) is 0 Å². The lowest BCUT2D eigenvalue weighted by molar-refractivity contribution is 0.0671. The molecule has 0 radical (unpaired) electrons. The quantitative estimate of drug-likeness (QED) is 0.646. The van der Waals surface area contributed by atoms with E-state index in [1.807, 2.05) is 6.08 Å². The third-order valence-electron chi connectivity index (χ3n) is 3.64. The number of amides is 2. The number of fused-ring (bicyclic) bond motifs is 1. The average Bonchev–Trinajstić information content (AvgIpc) is 2.71. The van der Waals surface area contributed by atoms with Crippen molar-refractivity contribution in [1.82, 2.24) is 10.2 Å². The van der Waals surface area contributed by atoms with E-state index < -0.39 is 0 Å². The molecule has 1 N–H and O–H groups in total. The van der Waals surface area contributed by atoms with Gasteiger partial charge in [-0.05, 0) is 31.5 Å². The Bertz CT molecular complexity index is 520. The Labute approximate surface area is 112 Å². The number of carbonyl (C=O) groups is 2. The summed E-state index contributed by atoms with van der Waals surface area (Å²) < 4.78 is 0. The van der Waals surface area contributed by atoms with Gasteiger partial charge in [-0.1, -0.05) is 23.8 Å². The highest BCUT2D eigenvalue weighted by molar-refractivity contribution is 6.21. The number of nitrogens with one attached hydrogen (secondary N) is 1. The van der Waals surface area contributed by atoms with E-state index in [0.717, 1.165) is 25.9 Å². The van der Waals surface area contributed by atoms with Crippen LogP contribution in [-0.2, 0) is 0 Å². The Morgan fingerprint density at radius 2 is 1.84 bits per heavy atom. The van der Waals surface area contributed by atoms with E-state index in [0.29, 0.717) is 17.7 Å². The smallest absolute Gasteiger partial charge is 0.261 e. The Kier molecular flexibility index (Phi) is 3.17. The van der Waals surface area contributed by atoms with Gasteiger partial charge in [-0.2, -0.15) is 0 Å². The second kappa shape index (κ2) is 4.97. The molecule has 4 nitrogen and oxygen atoms in total. The normalized spacial score (nSPS) is 21.1. The number of benzene rings is 1. The lowest BCUT2D eigenvalue weighted by Crippen LogP contribution is -2.31. The molecular formula is C15H16N2O2. The van der Waals surface area contributed by atoms with E-state index in [4.69, 9.17) is 0 Å². The Morgan fingerprint density at radius 1 is 1.16 bits per heavy atom. The fraction of sp³-hybridized carbons (Fsp3) is 0.333. The first-order valence-corrected chi connectivity index (χ1v) is 6.61. The number of rotatable bonds is 2. The molecule has 0 aliphatic carbocycles. The summed E-state index contributed by atoms with van der Waals surface area (Å²) in [6.45, 7) is 2.29. The van der Waals surface area contributed by atoms with Gasteiger partial charge in [0.25, 0.3) is 11.8 Å². The van der Waals surface area contributed by atoms with Crippen LogP contribution >= 0.6 is 0 Å². The van der Waals surface area contributed by atoms with Crippen LogP contribution < -0.4 is 5.32 Å². The molecule has 2 amide bonds. The molecule has 2 aliphatic heterocycles. The fourth-order valence-corrected chi connectivity index (χ4v) is 2.58. The fourth-order valence-electron chi connectivity index (χ4n) is 2.58. The van der Waals surface area contributed by atoms with Crippen LogP contribution in [0.4, 0.5) is 0 Å². The van der Waals surface area contributed by atoms with Crippen LogP contribution in [0.3, 0.4) is 0 Å². The van der Waals surface area contributed by atoms with Crippen molar-refractivity contribution in [3.63, 3.8) is 0 Å². The first-order valence-electron chi connectivity index (χ1n) is 6.61. The van der Waals surface area contributed by atoms with Gasteiger partial charge in [-0.25, -0.2) is 0 Å². The molecule has 1 saturated heterocycles. The molecule has 0 atom stereocenters. The lowest BCUT2D eigenvalue weighted by atomic mass is 10.1. The molecule has 3 rings (SSSR count). The topological polar surface area (TPSA) is 49.4 Å². The largest absolute Gasteiger partial charge is 0.313 e. The van der Waals surface area contributed by atoms with Crippen molar-refractivity contribution in [3.8, 4) is 0 Å². The van der Waals surface area contributed by atoms with E-state index in [2.05, 4.69) is 5.32 Å². The lowest BCUT2D eigenvalue weighted by Gasteiger charge is -2.17. The van der Waals surface area contributed by atoms with E-state index in [1.165, 1.54) is 10.5 Å². The summed E-state index contributed by atoms with van der Waals surface area (Å²) in [7, 11) is 0. The summed E-state index contributed by atoms with van der Waals surface area (Å²) in [4.78, 5) is 25.6. The Morgan fingerprint density at radius 3 is 2.42 bits per heavy atom. The van der Waals surface area contributed by atoms with Gasteiger partial charge < -0.3 is 5.32 Å². The third kappa shape index (κ3) is 2.19. The molecule has 1 aromatic carbocycles. The molecule has 0 aromatic heterocycles. The van der Waals surface area contributed by atoms with Crippen molar-refractivity contribution >= 4 is 11.8 Å². The Hall–Kier alpha value is -1.94. The van der Waals surface area contributed by atoms with E-state index in [9.17, 15) is 9.59 Å². The maximum absolute atomic E-state index is 12.1. The van der Waals surface area contributed by atoms with Gasteiger partial charge in [0.1, 0.15) is 0 Å². The monoisotopic (exact) mass is 256 g/mol. The van der Waals surface area contributed by atoms with Gasteiger partial charge in [0.15, 0.2) is 0 Å². The van der Waals surface area contributed by atoms with Crippen LogP contribution in [0.2, 0.25) is 0 Å². The minimum Gasteiger partial charge on any atom is -0.313 e. The summed E-state index contributed by atoms with van der Waals surface area (Å²) in [6.07, 6.45) is 4.18. The number of carbonyl (C=O) groups excluding carboxylic acids is 2. The minimum atomic E-state index is -0.179. The van der Waals surface area contributed by atoms with Gasteiger partial charge in [-0.3, -0.25) is 14.5 Å². The predicted octanol–water partition coefficient (Wildman–Crippen LogP) is 1.59. The summed E-state index contributed by atoms with van der Waals surface area (Å²) in [5.74, 6) is -0.359. The second-order valence-corrected chi connectivity index (χ2v) is 4.91. The number of hydrogen-bond donors (Lipinski definition) is 1. The maximum Gasteiger partial charge on any atom is 0.261 e. The summed E-state index contributed by atoms with van der Waals surface area (Å²) in [5.41, 5.74) is 2.32. The van der Waals surface area contributed by atoms with Crippen LogP contribution in [0.25, 0.3) is 0 Å². The highest BCUT2D eigenvalue weighted by Gasteiger charge is 2.34. The number of imide groups is 1. The molecular weight excluding hydrogens is 240 g/mol. The van der Waals surface area contributed by atoms with Crippen LogP contribution in [-0.4, -0.2) is 36.3 Å². The molecule has 2 heterocycles. The van der Waals surface area contributed by atoms with Gasteiger partial charge in [-0.15, -0.1) is 0 Å². The summed E-state index contributed by atoms with van der Waals surface area (Å²) in [6, 6.07) is 7.00. The molecule has 19 heavy (non-hydrogen) atoms. The molecule has 0 saturated carbocycles. The van der Waals surface area contributed by atoms with Crippen LogP contribution in [0, 0.1) is 0 Å². The molecule has 1 aromatic rings.